The minimum absolute atomic E-state index is 0.107. The molecule has 0 aromatic heterocycles. The van der Waals surface area contributed by atoms with Crippen LogP contribution in [0.4, 0.5) is 0 Å². The summed E-state index contributed by atoms with van der Waals surface area (Å²) in [6, 6.07) is 0. The molecule has 0 fully saturated rings. The largest absolute Gasteiger partial charge is 0.481 e. The normalized spacial score (nSPS) is 11.9. The molecule has 0 aliphatic carbocycles. The van der Waals surface area contributed by atoms with E-state index in [1.165, 1.54) is 0 Å². The first-order valence-electron chi connectivity index (χ1n) is 3.37. The summed E-state index contributed by atoms with van der Waals surface area (Å²) in [6.07, 6.45) is 1.79. The fourth-order valence-corrected chi connectivity index (χ4v) is 1.53. The molecule has 3 heteroatoms. The molecule has 0 bridgehead atoms. The van der Waals surface area contributed by atoms with Crippen molar-refractivity contribution in [2.45, 2.75) is 13.3 Å². The van der Waals surface area contributed by atoms with Crippen molar-refractivity contribution in [3.63, 3.8) is 0 Å². The van der Waals surface area contributed by atoms with E-state index in [0.717, 1.165) is 0 Å². The number of carboxylic acids is 1. The molecular weight excluding hydrogens is 156 g/mol. The molecule has 0 saturated heterocycles. The van der Waals surface area contributed by atoms with Crippen LogP contribution in [0, 0.1) is 0 Å². The molecule has 0 aliphatic rings. The monoisotopic (exact) mass is 168 g/mol. The molecule has 11 heavy (non-hydrogen) atoms. The molecule has 0 aromatic rings. The summed E-state index contributed by atoms with van der Waals surface area (Å²) in [4.78, 5) is 10.1. The van der Waals surface area contributed by atoms with Crippen LogP contribution in [0.2, 0.25) is 0 Å². The van der Waals surface area contributed by atoms with Gasteiger partial charge in [0.25, 0.3) is 0 Å². The summed E-state index contributed by atoms with van der Waals surface area (Å²) < 4.78 is 0. The molecule has 0 radical (unpaired) electrons. The summed E-state index contributed by atoms with van der Waals surface area (Å²) in [5.41, 5.74) is 5.84. The number of carboxylic acid groups (broad SMARTS) is 1. The van der Waals surface area contributed by atoms with Crippen LogP contribution in [-0.2, 0) is 4.79 Å². The van der Waals surface area contributed by atoms with Crippen molar-refractivity contribution in [3.8, 4) is 0 Å². The highest BCUT2D eigenvalue weighted by molar-refractivity contribution is 6.74. The Bertz CT molecular complexity index is 204. The van der Waals surface area contributed by atoms with Crippen LogP contribution in [0.15, 0.2) is 24.1 Å². The predicted octanol–water partition coefficient (Wildman–Crippen LogP) is 1.18. The third kappa shape index (κ3) is 5.48. The third-order valence-corrected chi connectivity index (χ3v) is 2.93. The maximum absolute atomic E-state index is 10.1. The van der Waals surface area contributed by atoms with Crippen LogP contribution in [0.1, 0.15) is 13.3 Å². The summed E-state index contributed by atoms with van der Waals surface area (Å²) >= 11 is 0. The van der Waals surface area contributed by atoms with Crippen molar-refractivity contribution in [2.24, 2.45) is 0 Å². The zero-order valence-corrected chi connectivity index (χ0v) is 7.58. The van der Waals surface area contributed by atoms with Gasteiger partial charge in [0.2, 0.25) is 0 Å². The lowest BCUT2D eigenvalue weighted by molar-refractivity contribution is -0.135. The van der Waals surface area contributed by atoms with Gasteiger partial charge < -0.3 is 5.11 Å². The molecule has 1 N–H and O–H groups in total. The minimum Gasteiger partial charge on any atom is -0.481 e. The summed E-state index contributed by atoms with van der Waals surface area (Å²) in [7, 11) is -0.724. The lowest BCUT2D eigenvalue weighted by Crippen LogP contribution is -1.96. The highest BCUT2D eigenvalue weighted by atomic mass is 28.2. The van der Waals surface area contributed by atoms with E-state index in [1.807, 2.05) is 18.3 Å². The van der Waals surface area contributed by atoms with E-state index in [2.05, 4.69) is 12.3 Å². The number of aliphatic carboxylic acids is 1. The Morgan fingerprint density at radius 1 is 1.73 bits per heavy atom. The Morgan fingerprint density at radius 3 is 2.73 bits per heavy atom. The fraction of sp³-hybridized carbons (Fsp3) is 0.250. The quantitative estimate of drug-likeness (QED) is 0.640. The van der Waals surface area contributed by atoms with Crippen LogP contribution in [0.3, 0.4) is 0 Å². The van der Waals surface area contributed by atoms with Gasteiger partial charge >= 0.3 is 5.97 Å². The molecule has 2 nitrogen and oxygen atoms in total. The zero-order valence-electron chi connectivity index (χ0n) is 6.58. The van der Waals surface area contributed by atoms with Crippen molar-refractivity contribution >= 4 is 20.1 Å². The van der Waals surface area contributed by atoms with Gasteiger partial charge in [-0.15, -0.1) is 6.58 Å². The predicted molar refractivity (Wildman–Crippen MR) is 49.1 cm³/mol. The Morgan fingerprint density at radius 2 is 2.36 bits per heavy atom. The van der Waals surface area contributed by atoms with Crippen molar-refractivity contribution in [1.29, 1.82) is 0 Å². The molecule has 0 amide bonds. The third-order valence-electron chi connectivity index (χ3n) is 1.17. The van der Waals surface area contributed by atoms with Crippen molar-refractivity contribution in [2.75, 3.05) is 0 Å². The van der Waals surface area contributed by atoms with Gasteiger partial charge in [0, 0.05) is 0 Å². The van der Waals surface area contributed by atoms with E-state index < -0.39 is 14.4 Å². The SMILES string of the molecule is C=C[Si](C=CCC(=O)O)=CC. The van der Waals surface area contributed by atoms with Crippen LogP contribution in [0.5, 0.6) is 0 Å². The summed E-state index contributed by atoms with van der Waals surface area (Å²) in [6.45, 7) is 5.60. The maximum atomic E-state index is 10.1. The van der Waals surface area contributed by atoms with Crippen molar-refractivity contribution in [1.82, 2.24) is 0 Å². The summed E-state index contributed by atoms with van der Waals surface area (Å²) in [5.74, 6) is -0.789. The molecule has 0 heterocycles. The molecule has 0 aliphatic heterocycles. The van der Waals surface area contributed by atoms with E-state index >= 15 is 0 Å². The number of hydrogen-bond acceptors (Lipinski definition) is 1. The number of hydrogen-bond donors (Lipinski definition) is 1. The van der Waals surface area contributed by atoms with E-state index in [4.69, 9.17) is 5.11 Å². The Kier molecular flexibility index (Phi) is 5.29. The van der Waals surface area contributed by atoms with Gasteiger partial charge in [0.1, 0.15) is 0 Å². The first-order valence-corrected chi connectivity index (χ1v) is 5.11. The highest BCUT2D eigenvalue weighted by Crippen LogP contribution is 1.83. The van der Waals surface area contributed by atoms with Gasteiger partial charge in [-0.1, -0.05) is 30.1 Å². The van der Waals surface area contributed by atoms with Gasteiger partial charge in [-0.25, -0.2) is 0 Å². The second-order valence-electron chi connectivity index (χ2n) is 1.99. The van der Waals surface area contributed by atoms with E-state index in [-0.39, 0.29) is 6.42 Å². The minimum atomic E-state index is -0.789. The van der Waals surface area contributed by atoms with Gasteiger partial charge in [-0.05, 0) is 0 Å². The molecule has 0 unspecified atom stereocenters. The van der Waals surface area contributed by atoms with Crippen LogP contribution < -0.4 is 0 Å². The van der Waals surface area contributed by atoms with Gasteiger partial charge in [0.15, 0.2) is 0 Å². The van der Waals surface area contributed by atoms with Crippen molar-refractivity contribution < 1.29 is 9.90 Å². The molecule has 0 aromatic carbocycles. The van der Waals surface area contributed by atoms with Crippen LogP contribution >= 0.6 is 0 Å². The smallest absolute Gasteiger partial charge is 0.307 e. The molecule has 0 rings (SSSR count). The number of rotatable bonds is 4. The fourth-order valence-electron chi connectivity index (χ4n) is 0.578. The lowest BCUT2D eigenvalue weighted by atomic mass is 10.4. The number of carbonyl (C=O) groups is 1. The second kappa shape index (κ2) is 5.79. The molecule has 0 atom stereocenters. The average Bonchev–Trinajstić information content (AvgIpc) is 1.98. The lowest BCUT2D eigenvalue weighted by Gasteiger charge is -1.86. The standard InChI is InChI=1S/C8H12O2Si/c1-3-11(4-2)7-5-6-8(9)10/h3-5,7H,1,6H2,2H3,(H,9,10). The average molecular weight is 168 g/mol. The van der Waals surface area contributed by atoms with E-state index in [1.54, 1.807) is 6.08 Å². The van der Waals surface area contributed by atoms with Crippen molar-refractivity contribution in [3.05, 3.63) is 24.1 Å². The molecule has 60 valence electrons. The maximum Gasteiger partial charge on any atom is 0.307 e. The Labute approximate surface area is 68.1 Å². The van der Waals surface area contributed by atoms with Gasteiger partial charge in [-0.3, -0.25) is 4.79 Å². The first kappa shape index (κ1) is 10.0. The van der Waals surface area contributed by atoms with E-state index in [9.17, 15) is 4.79 Å². The molecule has 0 spiro atoms. The van der Waals surface area contributed by atoms with Gasteiger partial charge in [0.05, 0.1) is 14.8 Å². The van der Waals surface area contributed by atoms with E-state index in [0.29, 0.717) is 0 Å². The second-order valence-corrected chi connectivity index (χ2v) is 4.31. The molecule has 0 saturated carbocycles. The highest BCUT2D eigenvalue weighted by Gasteiger charge is 1.89. The van der Waals surface area contributed by atoms with Crippen LogP contribution in [0.25, 0.3) is 0 Å². The molecular formula is C8H12O2Si. The Hall–Kier alpha value is -0.963. The van der Waals surface area contributed by atoms with Gasteiger partial charge in [-0.2, -0.15) is 0 Å². The Balaban J connectivity index is 3.91. The first-order chi connectivity index (χ1) is 5.20. The zero-order chi connectivity index (χ0) is 8.69. The topological polar surface area (TPSA) is 37.3 Å². The summed E-state index contributed by atoms with van der Waals surface area (Å²) in [5, 5.41) is 8.30. The van der Waals surface area contributed by atoms with Crippen LogP contribution in [-0.4, -0.2) is 25.2 Å².